The van der Waals surface area contributed by atoms with Crippen LogP contribution in [0.1, 0.15) is 29.5 Å². The van der Waals surface area contributed by atoms with Gasteiger partial charge in [0.1, 0.15) is 0 Å². The van der Waals surface area contributed by atoms with Crippen molar-refractivity contribution in [2.75, 3.05) is 26.2 Å². The van der Waals surface area contributed by atoms with Crippen LogP contribution in [0.25, 0.3) is 0 Å². The van der Waals surface area contributed by atoms with E-state index in [1.54, 1.807) is 0 Å². The molecule has 1 aliphatic rings. The average Bonchev–Trinajstić information content (AvgIpc) is 2.49. The van der Waals surface area contributed by atoms with Crippen molar-refractivity contribution < 1.29 is 4.79 Å². The van der Waals surface area contributed by atoms with Gasteiger partial charge in [0.2, 0.25) is 5.91 Å². The van der Waals surface area contributed by atoms with Gasteiger partial charge >= 0.3 is 0 Å². The molecule has 3 N–H and O–H groups in total. The Morgan fingerprint density at radius 2 is 2.19 bits per heavy atom. The van der Waals surface area contributed by atoms with Gasteiger partial charge in [-0.1, -0.05) is 18.2 Å². The highest BCUT2D eigenvalue weighted by atomic mass is 16.1. The molecule has 0 saturated carbocycles. The predicted octanol–water partition coefficient (Wildman–Crippen LogP) is 1.59. The minimum atomic E-state index is 0.108. The van der Waals surface area contributed by atoms with Gasteiger partial charge < -0.3 is 11.1 Å². The summed E-state index contributed by atoms with van der Waals surface area (Å²) in [6, 6.07) is 6.63. The summed E-state index contributed by atoms with van der Waals surface area (Å²) in [6.07, 6.45) is 2.07. The second-order valence-electron chi connectivity index (χ2n) is 6.07. The maximum absolute atomic E-state index is 12.1. The van der Waals surface area contributed by atoms with Gasteiger partial charge in [0.05, 0.1) is 5.92 Å². The lowest BCUT2D eigenvalue weighted by Gasteiger charge is -2.32. The Bertz CT molecular complexity index is 487. The van der Waals surface area contributed by atoms with Crippen LogP contribution in [0.4, 0.5) is 0 Å². The van der Waals surface area contributed by atoms with Crippen LogP contribution in [0.5, 0.6) is 0 Å². The molecule has 1 heterocycles. The molecule has 1 saturated heterocycles. The van der Waals surface area contributed by atoms with Crippen LogP contribution < -0.4 is 11.1 Å². The van der Waals surface area contributed by atoms with E-state index in [9.17, 15) is 4.79 Å². The molecule has 0 spiro atoms. The van der Waals surface area contributed by atoms with E-state index in [1.165, 1.54) is 16.7 Å². The summed E-state index contributed by atoms with van der Waals surface area (Å²) in [5, 5.41) is 2.91. The molecule has 1 fully saturated rings. The minimum absolute atomic E-state index is 0.108. The number of nitrogens with one attached hydrogen (secondary N) is 1. The summed E-state index contributed by atoms with van der Waals surface area (Å²) in [7, 11) is 0. The standard InChI is InChI=1S/C17H27N3O/c1-13-5-6-15(10-14(13)2)11-20-9-3-4-16(12-20)17(21)19-8-7-18/h5-6,10,16H,3-4,7-9,11-12,18H2,1-2H3,(H,19,21). The van der Waals surface area contributed by atoms with Gasteiger partial charge in [0.15, 0.2) is 0 Å². The average molecular weight is 289 g/mol. The van der Waals surface area contributed by atoms with E-state index < -0.39 is 0 Å². The van der Waals surface area contributed by atoms with Crippen LogP contribution in [-0.4, -0.2) is 37.0 Å². The van der Waals surface area contributed by atoms with Crippen LogP contribution in [0.3, 0.4) is 0 Å². The largest absolute Gasteiger partial charge is 0.355 e. The molecule has 1 aromatic rings. The lowest BCUT2D eigenvalue weighted by atomic mass is 9.96. The number of aryl methyl sites for hydroxylation is 2. The van der Waals surface area contributed by atoms with Crippen LogP contribution in [-0.2, 0) is 11.3 Å². The van der Waals surface area contributed by atoms with Crippen LogP contribution in [0, 0.1) is 19.8 Å². The number of carbonyl (C=O) groups is 1. The van der Waals surface area contributed by atoms with Crippen molar-refractivity contribution in [1.29, 1.82) is 0 Å². The van der Waals surface area contributed by atoms with Gasteiger partial charge in [0, 0.05) is 26.2 Å². The summed E-state index contributed by atoms with van der Waals surface area (Å²) in [6.45, 7) is 8.23. The zero-order valence-electron chi connectivity index (χ0n) is 13.2. The number of piperidine rings is 1. The minimum Gasteiger partial charge on any atom is -0.355 e. The third-order valence-corrected chi connectivity index (χ3v) is 4.30. The van der Waals surface area contributed by atoms with Gasteiger partial charge in [-0.3, -0.25) is 9.69 Å². The van der Waals surface area contributed by atoms with Crippen molar-refractivity contribution in [3.05, 3.63) is 34.9 Å². The molecule has 1 aliphatic heterocycles. The van der Waals surface area contributed by atoms with Crippen molar-refractivity contribution in [1.82, 2.24) is 10.2 Å². The predicted molar refractivity (Wildman–Crippen MR) is 86.0 cm³/mol. The summed E-state index contributed by atoms with van der Waals surface area (Å²) in [5.41, 5.74) is 9.44. The number of hydrogen-bond donors (Lipinski definition) is 2. The van der Waals surface area contributed by atoms with E-state index in [0.717, 1.165) is 32.5 Å². The van der Waals surface area contributed by atoms with Crippen molar-refractivity contribution in [2.24, 2.45) is 11.7 Å². The lowest BCUT2D eigenvalue weighted by molar-refractivity contribution is -0.126. The Hall–Kier alpha value is -1.39. The first kappa shape index (κ1) is 16.0. The SMILES string of the molecule is Cc1ccc(CN2CCCC(C(=O)NCCN)C2)cc1C. The molecule has 0 bridgehead atoms. The smallest absolute Gasteiger partial charge is 0.224 e. The molecule has 0 aliphatic carbocycles. The summed E-state index contributed by atoms with van der Waals surface area (Å²) >= 11 is 0. The molecule has 21 heavy (non-hydrogen) atoms. The molecular formula is C17H27N3O. The van der Waals surface area contributed by atoms with Crippen molar-refractivity contribution in [3.63, 3.8) is 0 Å². The Kier molecular flexibility index (Phi) is 5.76. The number of rotatable bonds is 5. The monoisotopic (exact) mass is 289 g/mol. The third-order valence-electron chi connectivity index (χ3n) is 4.30. The Morgan fingerprint density at radius 1 is 1.38 bits per heavy atom. The van der Waals surface area contributed by atoms with Gasteiger partial charge in [0.25, 0.3) is 0 Å². The van der Waals surface area contributed by atoms with E-state index in [2.05, 4.69) is 42.3 Å². The highest BCUT2D eigenvalue weighted by molar-refractivity contribution is 5.78. The molecule has 4 nitrogen and oxygen atoms in total. The number of nitrogens with two attached hydrogens (primary N) is 1. The number of likely N-dealkylation sites (tertiary alicyclic amines) is 1. The van der Waals surface area contributed by atoms with E-state index in [0.29, 0.717) is 13.1 Å². The fraction of sp³-hybridized carbons (Fsp3) is 0.588. The first-order valence-electron chi connectivity index (χ1n) is 7.86. The van der Waals surface area contributed by atoms with Crippen LogP contribution in [0.15, 0.2) is 18.2 Å². The maximum atomic E-state index is 12.1. The normalized spacial score (nSPS) is 19.5. The highest BCUT2D eigenvalue weighted by Crippen LogP contribution is 2.19. The Morgan fingerprint density at radius 3 is 2.90 bits per heavy atom. The topological polar surface area (TPSA) is 58.4 Å². The summed E-state index contributed by atoms with van der Waals surface area (Å²) in [5.74, 6) is 0.266. The van der Waals surface area contributed by atoms with E-state index in [1.807, 2.05) is 0 Å². The fourth-order valence-electron chi connectivity index (χ4n) is 2.91. The number of benzene rings is 1. The second-order valence-corrected chi connectivity index (χ2v) is 6.07. The van der Waals surface area contributed by atoms with Crippen molar-refractivity contribution in [3.8, 4) is 0 Å². The van der Waals surface area contributed by atoms with Gasteiger partial charge in [-0.15, -0.1) is 0 Å². The second kappa shape index (κ2) is 7.57. The van der Waals surface area contributed by atoms with Crippen molar-refractivity contribution >= 4 is 5.91 Å². The number of hydrogen-bond acceptors (Lipinski definition) is 3. The van der Waals surface area contributed by atoms with E-state index in [4.69, 9.17) is 5.73 Å². The molecule has 0 aromatic heterocycles. The molecule has 2 rings (SSSR count). The maximum Gasteiger partial charge on any atom is 0.224 e. The zero-order chi connectivity index (χ0) is 15.2. The molecule has 1 amide bonds. The molecule has 1 aromatic carbocycles. The molecule has 4 heteroatoms. The van der Waals surface area contributed by atoms with E-state index >= 15 is 0 Å². The third kappa shape index (κ3) is 4.55. The summed E-state index contributed by atoms with van der Waals surface area (Å²) in [4.78, 5) is 14.4. The van der Waals surface area contributed by atoms with Gasteiger partial charge in [-0.2, -0.15) is 0 Å². The van der Waals surface area contributed by atoms with E-state index in [-0.39, 0.29) is 11.8 Å². The lowest BCUT2D eigenvalue weighted by Crippen LogP contribution is -2.43. The van der Waals surface area contributed by atoms with Gasteiger partial charge in [-0.05, 0) is 49.9 Å². The number of carbonyl (C=O) groups excluding carboxylic acids is 1. The number of amides is 1. The number of nitrogens with zero attached hydrogens (tertiary/aromatic N) is 1. The highest BCUT2D eigenvalue weighted by Gasteiger charge is 2.25. The van der Waals surface area contributed by atoms with Crippen molar-refractivity contribution in [2.45, 2.75) is 33.2 Å². The fourth-order valence-corrected chi connectivity index (χ4v) is 2.91. The first-order valence-corrected chi connectivity index (χ1v) is 7.86. The van der Waals surface area contributed by atoms with Crippen LogP contribution >= 0.6 is 0 Å². The Labute approximate surface area is 127 Å². The Balaban J connectivity index is 1.91. The van der Waals surface area contributed by atoms with Gasteiger partial charge in [-0.25, -0.2) is 0 Å². The van der Waals surface area contributed by atoms with Crippen LogP contribution in [0.2, 0.25) is 0 Å². The molecule has 1 atom stereocenters. The quantitative estimate of drug-likeness (QED) is 0.865. The zero-order valence-corrected chi connectivity index (χ0v) is 13.2. The molecule has 116 valence electrons. The molecule has 0 radical (unpaired) electrons. The first-order chi connectivity index (χ1) is 10.1. The molecule has 1 unspecified atom stereocenters. The molecular weight excluding hydrogens is 262 g/mol. The summed E-state index contributed by atoms with van der Waals surface area (Å²) < 4.78 is 0.